The predicted molar refractivity (Wildman–Crippen MR) is 145 cm³/mol. The Bertz CT molecular complexity index is 1680. The fourth-order valence-electron chi connectivity index (χ4n) is 4.49. The van der Waals surface area contributed by atoms with Gasteiger partial charge in [-0.3, -0.25) is 9.78 Å². The standard InChI is InChI=1S/C22H15ClFN5O2.C6H12O/c1-11-27-19-9-25-18-7-17(24)14(6-15(18)22(19)28-11)13-4-3-12(5-16(13)23)31-20-8-21(30)29(2)10-26-20;7-6-4-2-1-3-5-6/h3-10H,1-2H3,(H,27,28);6-7H,1-5H2. The fourth-order valence-corrected chi connectivity index (χ4v) is 4.76. The second-order valence-corrected chi connectivity index (χ2v) is 9.81. The van der Waals surface area contributed by atoms with Crippen LogP contribution in [0.1, 0.15) is 37.9 Å². The highest BCUT2D eigenvalue weighted by Crippen LogP contribution is 2.36. The average molecular weight is 536 g/mol. The molecule has 1 saturated carbocycles. The van der Waals surface area contributed by atoms with Gasteiger partial charge in [0.25, 0.3) is 5.56 Å². The Kier molecular flexibility index (Phi) is 7.40. The van der Waals surface area contributed by atoms with Crippen LogP contribution in [0, 0.1) is 12.7 Å². The summed E-state index contributed by atoms with van der Waals surface area (Å²) in [4.78, 5) is 27.7. The number of aromatic amines is 1. The maximum atomic E-state index is 14.9. The van der Waals surface area contributed by atoms with Crippen LogP contribution in [-0.4, -0.2) is 35.7 Å². The zero-order valence-electron chi connectivity index (χ0n) is 21.0. The minimum absolute atomic E-state index is 0.0359. The number of halogens is 2. The number of aliphatic hydroxyl groups excluding tert-OH is 1. The van der Waals surface area contributed by atoms with E-state index >= 15 is 0 Å². The van der Waals surface area contributed by atoms with E-state index in [1.54, 1.807) is 37.5 Å². The molecule has 0 atom stereocenters. The summed E-state index contributed by atoms with van der Waals surface area (Å²) in [6.45, 7) is 1.85. The number of nitrogens with zero attached hydrogens (tertiary/aromatic N) is 4. The van der Waals surface area contributed by atoms with Crippen molar-refractivity contribution in [3.8, 4) is 22.8 Å². The molecule has 2 aromatic carbocycles. The molecule has 1 fully saturated rings. The number of aliphatic hydroxyl groups is 1. The molecular formula is C28H27ClFN5O3. The first-order valence-corrected chi connectivity index (χ1v) is 12.8. The lowest BCUT2D eigenvalue weighted by atomic mass is 9.98. The van der Waals surface area contributed by atoms with Gasteiger partial charge in [0.2, 0.25) is 5.88 Å². The van der Waals surface area contributed by atoms with Crippen LogP contribution in [0.4, 0.5) is 4.39 Å². The van der Waals surface area contributed by atoms with Crippen LogP contribution < -0.4 is 10.3 Å². The monoisotopic (exact) mass is 535 g/mol. The Morgan fingerprint density at radius 1 is 1.11 bits per heavy atom. The van der Waals surface area contributed by atoms with Gasteiger partial charge >= 0.3 is 0 Å². The van der Waals surface area contributed by atoms with Gasteiger partial charge in [0.15, 0.2) is 0 Å². The second kappa shape index (κ2) is 10.9. The van der Waals surface area contributed by atoms with Crippen molar-refractivity contribution in [2.45, 2.75) is 45.1 Å². The van der Waals surface area contributed by atoms with E-state index in [0.29, 0.717) is 22.4 Å². The van der Waals surface area contributed by atoms with E-state index in [9.17, 15) is 9.18 Å². The van der Waals surface area contributed by atoms with Gasteiger partial charge in [0.1, 0.15) is 23.7 Å². The first-order valence-electron chi connectivity index (χ1n) is 12.4. The minimum Gasteiger partial charge on any atom is -0.439 e. The number of nitrogens with one attached hydrogen (secondary N) is 1. The van der Waals surface area contributed by atoms with Gasteiger partial charge in [-0.1, -0.05) is 30.9 Å². The number of aryl methyl sites for hydroxylation is 2. The zero-order valence-corrected chi connectivity index (χ0v) is 21.8. The van der Waals surface area contributed by atoms with Gasteiger partial charge in [0.05, 0.1) is 39.9 Å². The molecule has 0 amide bonds. The van der Waals surface area contributed by atoms with Crippen molar-refractivity contribution in [2.75, 3.05) is 0 Å². The summed E-state index contributed by atoms with van der Waals surface area (Å²) in [6.07, 6.45) is 8.93. The van der Waals surface area contributed by atoms with Crippen molar-refractivity contribution < 1.29 is 14.2 Å². The van der Waals surface area contributed by atoms with E-state index in [-0.39, 0.29) is 22.6 Å². The number of imidazole rings is 1. The Hall–Kier alpha value is -3.82. The Morgan fingerprint density at radius 3 is 2.58 bits per heavy atom. The number of fused-ring (bicyclic) bond motifs is 3. The van der Waals surface area contributed by atoms with Crippen LogP contribution in [0.25, 0.3) is 33.1 Å². The molecule has 0 saturated heterocycles. The molecule has 0 spiro atoms. The first-order chi connectivity index (χ1) is 18.3. The van der Waals surface area contributed by atoms with Gasteiger partial charge in [0, 0.05) is 35.7 Å². The molecule has 38 heavy (non-hydrogen) atoms. The number of aromatic nitrogens is 5. The number of H-pyrrole nitrogens is 1. The third-order valence-electron chi connectivity index (χ3n) is 6.50. The third kappa shape index (κ3) is 5.54. The lowest BCUT2D eigenvalue weighted by molar-refractivity contribution is 0.130. The molecule has 0 radical (unpaired) electrons. The number of pyridine rings is 1. The predicted octanol–water partition coefficient (Wildman–Crippen LogP) is 6.08. The van der Waals surface area contributed by atoms with Crippen molar-refractivity contribution >= 4 is 33.5 Å². The summed E-state index contributed by atoms with van der Waals surface area (Å²) in [7, 11) is 1.59. The summed E-state index contributed by atoms with van der Waals surface area (Å²) >= 11 is 6.46. The maximum Gasteiger partial charge on any atom is 0.256 e. The van der Waals surface area contributed by atoms with Crippen LogP contribution >= 0.6 is 11.6 Å². The van der Waals surface area contributed by atoms with E-state index in [1.807, 2.05) is 6.92 Å². The number of ether oxygens (including phenoxy) is 1. The van der Waals surface area contributed by atoms with E-state index in [0.717, 1.165) is 35.1 Å². The highest BCUT2D eigenvalue weighted by Gasteiger charge is 2.15. The van der Waals surface area contributed by atoms with Gasteiger partial charge in [-0.2, -0.15) is 0 Å². The highest BCUT2D eigenvalue weighted by molar-refractivity contribution is 6.33. The molecule has 3 heterocycles. The van der Waals surface area contributed by atoms with Gasteiger partial charge < -0.3 is 19.4 Å². The van der Waals surface area contributed by atoms with E-state index in [2.05, 4.69) is 19.9 Å². The molecule has 196 valence electrons. The number of hydrogen-bond donors (Lipinski definition) is 2. The molecule has 2 N–H and O–H groups in total. The summed E-state index contributed by atoms with van der Waals surface area (Å²) in [5.41, 5.74) is 2.57. The van der Waals surface area contributed by atoms with Crippen molar-refractivity contribution in [3.05, 3.63) is 75.9 Å². The summed E-state index contributed by atoms with van der Waals surface area (Å²) in [6, 6.07) is 9.20. The largest absolute Gasteiger partial charge is 0.439 e. The van der Waals surface area contributed by atoms with Crippen LogP contribution in [0.5, 0.6) is 11.6 Å². The van der Waals surface area contributed by atoms with Crippen molar-refractivity contribution in [2.24, 2.45) is 7.05 Å². The molecule has 6 rings (SSSR count). The Labute approximate surface area is 223 Å². The maximum absolute atomic E-state index is 14.9. The van der Waals surface area contributed by atoms with Gasteiger partial charge in [-0.05, 0) is 38.0 Å². The fraction of sp³-hybridized carbons (Fsp3) is 0.286. The quantitative estimate of drug-likeness (QED) is 0.290. The first kappa shape index (κ1) is 25.8. The summed E-state index contributed by atoms with van der Waals surface area (Å²) in [5, 5.41) is 9.92. The molecular weight excluding hydrogens is 509 g/mol. The average Bonchev–Trinajstić information content (AvgIpc) is 3.28. The highest BCUT2D eigenvalue weighted by atomic mass is 35.5. The van der Waals surface area contributed by atoms with Gasteiger partial charge in [-0.15, -0.1) is 0 Å². The molecule has 10 heteroatoms. The zero-order chi connectivity index (χ0) is 26.8. The smallest absolute Gasteiger partial charge is 0.256 e. The summed E-state index contributed by atoms with van der Waals surface area (Å²) < 4.78 is 21.9. The van der Waals surface area contributed by atoms with E-state index in [4.69, 9.17) is 21.4 Å². The molecule has 1 aliphatic rings. The second-order valence-electron chi connectivity index (χ2n) is 9.40. The lowest BCUT2D eigenvalue weighted by Crippen LogP contribution is -2.15. The molecule has 0 unspecified atom stereocenters. The molecule has 0 bridgehead atoms. The van der Waals surface area contributed by atoms with Crippen LogP contribution in [0.15, 0.2) is 53.7 Å². The number of hydrogen-bond acceptors (Lipinski definition) is 6. The number of benzene rings is 2. The van der Waals surface area contributed by atoms with E-state index < -0.39 is 5.82 Å². The van der Waals surface area contributed by atoms with E-state index in [1.165, 1.54) is 42.3 Å². The summed E-state index contributed by atoms with van der Waals surface area (Å²) in [5.74, 6) is 0.823. The topological polar surface area (TPSA) is 106 Å². The SMILES string of the molecule is Cc1nc2c(cnc3cc(F)c(-c4ccc(Oc5cc(=O)n(C)cn5)cc4Cl)cc32)[nH]1.OC1CCCCC1. The Balaban J connectivity index is 0.000000366. The Morgan fingerprint density at radius 2 is 1.89 bits per heavy atom. The normalized spacial score (nSPS) is 13.9. The number of rotatable bonds is 3. The molecule has 1 aliphatic carbocycles. The van der Waals surface area contributed by atoms with Crippen LogP contribution in [-0.2, 0) is 7.05 Å². The van der Waals surface area contributed by atoms with Crippen molar-refractivity contribution in [1.82, 2.24) is 24.5 Å². The van der Waals surface area contributed by atoms with Crippen LogP contribution in [0.3, 0.4) is 0 Å². The lowest BCUT2D eigenvalue weighted by Gasteiger charge is -2.14. The molecule has 5 aromatic rings. The molecule has 0 aliphatic heterocycles. The third-order valence-corrected chi connectivity index (χ3v) is 6.82. The molecule has 3 aromatic heterocycles. The van der Waals surface area contributed by atoms with Crippen molar-refractivity contribution in [3.63, 3.8) is 0 Å². The van der Waals surface area contributed by atoms with Crippen molar-refractivity contribution in [1.29, 1.82) is 0 Å². The molecule has 8 nitrogen and oxygen atoms in total. The van der Waals surface area contributed by atoms with Gasteiger partial charge in [-0.25, -0.2) is 14.4 Å². The minimum atomic E-state index is -0.449. The van der Waals surface area contributed by atoms with Crippen LogP contribution in [0.2, 0.25) is 5.02 Å².